The molecule has 5 nitrogen and oxygen atoms in total. The summed E-state index contributed by atoms with van der Waals surface area (Å²) in [6, 6.07) is 3.89. The Bertz CT molecular complexity index is 656. The first kappa shape index (κ1) is 13.7. The lowest BCUT2D eigenvalue weighted by Gasteiger charge is -2.26. The molecule has 1 saturated heterocycles. The Hall–Kier alpha value is -2.31. The van der Waals surface area contributed by atoms with Crippen molar-refractivity contribution >= 4 is 11.9 Å². The number of benzene rings is 1. The van der Waals surface area contributed by atoms with E-state index in [0.717, 1.165) is 32.0 Å². The normalized spacial score (nSPS) is 15.2. The van der Waals surface area contributed by atoms with E-state index in [1.54, 1.807) is 0 Å². The molecule has 2 heterocycles. The van der Waals surface area contributed by atoms with Gasteiger partial charge in [-0.15, -0.1) is 0 Å². The van der Waals surface area contributed by atoms with Crippen LogP contribution in [0.2, 0.25) is 0 Å². The van der Waals surface area contributed by atoms with Crippen LogP contribution in [0.15, 0.2) is 18.2 Å². The molecule has 3 rings (SSSR count). The Morgan fingerprint density at radius 3 is 2.52 bits per heavy atom. The number of piperidine rings is 1. The van der Waals surface area contributed by atoms with Crippen molar-refractivity contribution in [1.29, 1.82) is 0 Å². The minimum atomic E-state index is -0.979. The molecule has 0 atom stereocenters. The zero-order valence-corrected chi connectivity index (χ0v) is 11.4. The Morgan fingerprint density at radius 1 is 1.00 bits per heavy atom. The van der Waals surface area contributed by atoms with E-state index in [1.165, 1.54) is 18.6 Å². The fraction of sp³-hybridized carbons (Fsp3) is 0.357. The van der Waals surface area contributed by atoms with E-state index in [0.29, 0.717) is 5.95 Å². The highest BCUT2D eigenvalue weighted by atomic mass is 19.2. The first-order valence-electron chi connectivity index (χ1n) is 6.86. The van der Waals surface area contributed by atoms with Crippen LogP contribution in [0.5, 0.6) is 0 Å². The fourth-order valence-corrected chi connectivity index (χ4v) is 2.41. The summed E-state index contributed by atoms with van der Waals surface area (Å²) >= 11 is 0. The Kier molecular flexibility index (Phi) is 3.64. The van der Waals surface area contributed by atoms with Crippen molar-refractivity contribution in [3.05, 3.63) is 29.8 Å². The third kappa shape index (κ3) is 2.76. The summed E-state index contributed by atoms with van der Waals surface area (Å²) in [5.41, 5.74) is 5.67. The van der Waals surface area contributed by atoms with Gasteiger partial charge in [-0.25, -0.2) is 8.78 Å². The third-order valence-corrected chi connectivity index (χ3v) is 3.47. The standard InChI is InChI=1S/C14H15F2N5/c15-10-6-4-5-9(11(10)16)12-18-13(17)20-14(19-12)21-7-2-1-3-8-21/h4-6H,1-3,7-8H2,(H2,17,18,19,20). The second kappa shape index (κ2) is 5.59. The first-order valence-corrected chi connectivity index (χ1v) is 6.86. The number of rotatable bonds is 2. The summed E-state index contributed by atoms with van der Waals surface area (Å²) in [4.78, 5) is 14.3. The molecule has 0 bridgehead atoms. The van der Waals surface area contributed by atoms with Crippen molar-refractivity contribution in [3.8, 4) is 11.4 Å². The number of aromatic nitrogens is 3. The number of hydrogen-bond donors (Lipinski definition) is 1. The second-order valence-corrected chi connectivity index (χ2v) is 4.97. The molecule has 0 aliphatic carbocycles. The molecule has 110 valence electrons. The quantitative estimate of drug-likeness (QED) is 0.920. The Labute approximate surface area is 120 Å². The van der Waals surface area contributed by atoms with E-state index in [1.807, 2.05) is 4.90 Å². The highest BCUT2D eigenvalue weighted by Gasteiger charge is 2.18. The molecule has 0 radical (unpaired) electrons. The van der Waals surface area contributed by atoms with Gasteiger partial charge in [0.15, 0.2) is 17.5 Å². The smallest absolute Gasteiger partial charge is 0.230 e. The molecular weight excluding hydrogens is 276 g/mol. The van der Waals surface area contributed by atoms with Crippen molar-refractivity contribution in [2.75, 3.05) is 23.7 Å². The largest absolute Gasteiger partial charge is 0.368 e. The van der Waals surface area contributed by atoms with Gasteiger partial charge in [0.05, 0.1) is 5.56 Å². The number of hydrogen-bond acceptors (Lipinski definition) is 5. The number of nitrogens with zero attached hydrogens (tertiary/aromatic N) is 4. The van der Waals surface area contributed by atoms with E-state index in [9.17, 15) is 8.78 Å². The van der Waals surface area contributed by atoms with Crippen molar-refractivity contribution in [2.24, 2.45) is 0 Å². The summed E-state index contributed by atoms with van der Waals surface area (Å²) in [5.74, 6) is -1.44. The van der Waals surface area contributed by atoms with E-state index in [2.05, 4.69) is 15.0 Å². The van der Waals surface area contributed by atoms with Gasteiger partial charge in [0.2, 0.25) is 11.9 Å². The van der Waals surface area contributed by atoms with Gasteiger partial charge in [0, 0.05) is 13.1 Å². The van der Waals surface area contributed by atoms with Gasteiger partial charge in [-0.05, 0) is 31.4 Å². The Morgan fingerprint density at radius 2 is 1.76 bits per heavy atom. The molecule has 0 amide bonds. The zero-order chi connectivity index (χ0) is 14.8. The molecule has 0 unspecified atom stereocenters. The minimum absolute atomic E-state index is 0.00392. The van der Waals surface area contributed by atoms with Crippen molar-refractivity contribution in [1.82, 2.24) is 15.0 Å². The van der Waals surface area contributed by atoms with Crippen LogP contribution in [-0.4, -0.2) is 28.0 Å². The van der Waals surface area contributed by atoms with Crippen LogP contribution in [0.3, 0.4) is 0 Å². The molecule has 21 heavy (non-hydrogen) atoms. The predicted octanol–water partition coefficient (Wildman–Crippen LogP) is 2.39. The van der Waals surface area contributed by atoms with E-state index in [-0.39, 0.29) is 17.3 Å². The molecule has 1 aliphatic rings. The van der Waals surface area contributed by atoms with Crippen LogP contribution >= 0.6 is 0 Å². The Balaban J connectivity index is 2.03. The van der Waals surface area contributed by atoms with Gasteiger partial charge in [-0.1, -0.05) is 6.07 Å². The fourth-order valence-electron chi connectivity index (χ4n) is 2.41. The van der Waals surface area contributed by atoms with E-state index >= 15 is 0 Å². The second-order valence-electron chi connectivity index (χ2n) is 4.97. The molecule has 1 aliphatic heterocycles. The average molecular weight is 291 g/mol. The van der Waals surface area contributed by atoms with Crippen LogP contribution < -0.4 is 10.6 Å². The van der Waals surface area contributed by atoms with Crippen LogP contribution in [0, 0.1) is 11.6 Å². The maximum absolute atomic E-state index is 13.9. The minimum Gasteiger partial charge on any atom is -0.368 e. The lowest BCUT2D eigenvalue weighted by molar-refractivity contribution is 0.510. The monoisotopic (exact) mass is 291 g/mol. The molecule has 1 fully saturated rings. The molecular formula is C14H15F2N5. The van der Waals surface area contributed by atoms with Gasteiger partial charge in [0.25, 0.3) is 0 Å². The van der Waals surface area contributed by atoms with Crippen LogP contribution in [-0.2, 0) is 0 Å². The topological polar surface area (TPSA) is 67.9 Å². The van der Waals surface area contributed by atoms with Gasteiger partial charge < -0.3 is 10.6 Å². The average Bonchev–Trinajstić information content (AvgIpc) is 2.50. The van der Waals surface area contributed by atoms with Crippen LogP contribution in [0.1, 0.15) is 19.3 Å². The lowest BCUT2D eigenvalue weighted by Crippen LogP contribution is -2.31. The molecule has 1 aromatic heterocycles. The summed E-state index contributed by atoms with van der Waals surface area (Å²) < 4.78 is 27.2. The van der Waals surface area contributed by atoms with E-state index in [4.69, 9.17) is 5.73 Å². The maximum atomic E-state index is 13.9. The van der Waals surface area contributed by atoms with E-state index < -0.39 is 11.6 Å². The van der Waals surface area contributed by atoms with Crippen LogP contribution in [0.25, 0.3) is 11.4 Å². The van der Waals surface area contributed by atoms with Gasteiger partial charge in [0.1, 0.15) is 0 Å². The third-order valence-electron chi connectivity index (χ3n) is 3.47. The molecule has 1 aromatic carbocycles. The summed E-state index contributed by atoms with van der Waals surface area (Å²) in [7, 11) is 0. The predicted molar refractivity (Wildman–Crippen MR) is 75.7 cm³/mol. The van der Waals surface area contributed by atoms with Crippen molar-refractivity contribution in [3.63, 3.8) is 0 Å². The summed E-state index contributed by atoms with van der Waals surface area (Å²) in [6.45, 7) is 1.66. The van der Waals surface area contributed by atoms with Gasteiger partial charge in [-0.3, -0.25) is 0 Å². The molecule has 0 saturated carbocycles. The lowest BCUT2D eigenvalue weighted by atomic mass is 10.1. The van der Waals surface area contributed by atoms with Crippen molar-refractivity contribution < 1.29 is 8.78 Å². The highest BCUT2D eigenvalue weighted by molar-refractivity contribution is 5.58. The van der Waals surface area contributed by atoms with Gasteiger partial charge in [-0.2, -0.15) is 15.0 Å². The first-order chi connectivity index (χ1) is 10.1. The van der Waals surface area contributed by atoms with Crippen LogP contribution in [0.4, 0.5) is 20.7 Å². The maximum Gasteiger partial charge on any atom is 0.230 e. The molecule has 2 aromatic rings. The van der Waals surface area contributed by atoms with Crippen molar-refractivity contribution in [2.45, 2.75) is 19.3 Å². The summed E-state index contributed by atoms with van der Waals surface area (Å²) in [6.07, 6.45) is 3.27. The highest BCUT2D eigenvalue weighted by Crippen LogP contribution is 2.24. The number of nitrogens with two attached hydrogens (primary N) is 1. The number of halogens is 2. The summed E-state index contributed by atoms with van der Waals surface area (Å²) in [5, 5.41) is 0. The molecule has 7 heteroatoms. The van der Waals surface area contributed by atoms with Gasteiger partial charge >= 0.3 is 0 Å². The molecule has 0 spiro atoms. The molecule has 2 N–H and O–H groups in total. The SMILES string of the molecule is Nc1nc(-c2cccc(F)c2F)nc(N2CCCCC2)n1. The zero-order valence-electron chi connectivity index (χ0n) is 11.4. The number of nitrogen functional groups attached to an aromatic ring is 1. The number of anilines is 2.